The fraction of sp³-hybridized carbons (Fsp3) is 0.379. The second-order valence-electron chi connectivity index (χ2n) is 10.6. The number of carbonyl (C=O) groups is 4. The van der Waals surface area contributed by atoms with Crippen LogP contribution in [0.15, 0.2) is 54.1 Å². The molecule has 2 aromatic carbocycles. The number of carbonyl (C=O) groups excluding carboxylic acids is 4. The SMILES string of the molecule is CCOc1cccc([C@H]2C3=CC[C@@H]4C(=O)N(c5ccc(Cl)cc5)C(=O)[C@@H]4[C@@H]3C[C@@]3(Cl)C(=O)N(C)C(=O)[C@@]23Cl)c1O. The number of fused-ring (bicyclic) bond motifs is 4. The minimum atomic E-state index is -1.99. The van der Waals surface area contributed by atoms with Crippen molar-refractivity contribution in [3.63, 3.8) is 0 Å². The second-order valence-corrected chi connectivity index (χ2v) is 12.3. The maximum absolute atomic E-state index is 14.0. The first-order chi connectivity index (χ1) is 19.0. The van der Waals surface area contributed by atoms with E-state index < -0.39 is 51.1 Å². The standard InChI is InChI=1S/C29H25Cl3N2O6/c1-3-40-20-6-4-5-18(23(20)35)22-16-11-12-17-21(25(37)34(24(17)36)15-9-7-14(30)8-10-15)19(16)13-28(31)26(38)33(2)27(39)29(22,28)32/h4-11,17,19,21-22,35H,3,12-13H2,1-2H3/t17-,19+,21-,22+,28+,29-/m0/s1. The van der Waals surface area contributed by atoms with E-state index in [-0.39, 0.29) is 42.4 Å². The van der Waals surface area contributed by atoms with Crippen molar-refractivity contribution in [1.82, 2.24) is 4.90 Å². The van der Waals surface area contributed by atoms with Gasteiger partial charge in [0, 0.05) is 23.6 Å². The highest BCUT2D eigenvalue weighted by Crippen LogP contribution is 2.66. The highest BCUT2D eigenvalue weighted by atomic mass is 35.5. The Hall–Kier alpha value is -3.07. The molecule has 11 heteroatoms. The van der Waals surface area contributed by atoms with Gasteiger partial charge in [0.25, 0.3) is 11.8 Å². The highest BCUT2D eigenvalue weighted by molar-refractivity contribution is 6.53. The lowest BCUT2D eigenvalue weighted by Crippen LogP contribution is -2.60. The molecule has 2 saturated heterocycles. The van der Waals surface area contributed by atoms with E-state index in [0.717, 1.165) is 9.80 Å². The summed E-state index contributed by atoms with van der Waals surface area (Å²) in [5.74, 6) is -5.51. The second kappa shape index (κ2) is 9.23. The number of alkyl halides is 2. The summed E-state index contributed by atoms with van der Waals surface area (Å²) in [5.41, 5.74) is 1.24. The van der Waals surface area contributed by atoms with Crippen LogP contribution in [0.3, 0.4) is 0 Å². The third-order valence-electron chi connectivity index (χ3n) is 8.74. The molecular formula is C29H25Cl3N2O6. The van der Waals surface area contributed by atoms with E-state index in [4.69, 9.17) is 39.5 Å². The predicted molar refractivity (Wildman–Crippen MR) is 149 cm³/mol. The fourth-order valence-corrected chi connectivity index (χ4v) is 8.12. The minimum Gasteiger partial charge on any atom is -0.504 e. The van der Waals surface area contributed by atoms with Gasteiger partial charge in [0.2, 0.25) is 11.8 Å². The number of phenols is 1. The van der Waals surface area contributed by atoms with Crippen molar-refractivity contribution in [3.05, 3.63) is 64.7 Å². The van der Waals surface area contributed by atoms with Crippen LogP contribution >= 0.6 is 34.8 Å². The number of aromatic hydroxyl groups is 1. The Morgan fingerprint density at radius 3 is 2.38 bits per heavy atom. The molecule has 208 valence electrons. The summed E-state index contributed by atoms with van der Waals surface area (Å²) >= 11 is 20.3. The summed E-state index contributed by atoms with van der Waals surface area (Å²) in [4.78, 5) is 52.9. The fourth-order valence-electron chi connectivity index (χ4n) is 6.98. The van der Waals surface area contributed by atoms with E-state index in [1.54, 1.807) is 49.4 Å². The molecule has 0 bridgehead atoms. The van der Waals surface area contributed by atoms with E-state index in [0.29, 0.717) is 16.3 Å². The lowest BCUT2D eigenvalue weighted by Gasteiger charge is -2.50. The van der Waals surface area contributed by atoms with E-state index in [2.05, 4.69) is 0 Å². The zero-order chi connectivity index (χ0) is 28.7. The zero-order valence-corrected chi connectivity index (χ0v) is 23.8. The van der Waals surface area contributed by atoms with Gasteiger partial charge in [-0.3, -0.25) is 29.0 Å². The van der Waals surface area contributed by atoms with Crippen LogP contribution in [0.1, 0.15) is 31.2 Å². The van der Waals surface area contributed by atoms with E-state index in [1.165, 1.54) is 7.05 Å². The van der Waals surface area contributed by atoms with Crippen LogP contribution in [0.5, 0.6) is 11.5 Å². The summed E-state index contributed by atoms with van der Waals surface area (Å²) in [6.07, 6.45) is 1.90. The van der Waals surface area contributed by atoms with Gasteiger partial charge in [0.05, 0.1) is 24.1 Å². The lowest BCUT2D eigenvalue weighted by molar-refractivity contribution is -0.138. The molecule has 1 saturated carbocycles. The molecule has 2 heterocycles. The first-order valence-electron chi connectivity index (χ1n) is 13.0. The van der Waals surface area contributed by atoms with Crippen molar-refractivity contribution >= 4 is 64.1 Å². The maximum Gasteiger partial charge on any atom is 0.253 e. The van der Waals surface area contributed by atoms with Crippen molar-refractivity contribution in [3.8, 4) is 11.5 Å². The Morgan fingerprint density at radius 2 is 1.70 bits per heavy atom. The van der Waals surface area contributed by atoms with Crippen LogP contribution < -0.4 is 9.64 Å². The summed E-state index contributed by atoms with van der Waals surface area (Å²) in [6, 6.07) is 11.3. The molecule has 3 fully saturated rings. The molecule has 4 amide bonds. The van der Waals surface area contributed by atoms with Gasteiger partial charge in [-0.05, 0) is 56.0 Å². The van der Waals surface area contributed by atoms with E-state index >= 15 is 0 Å². The monoisotopic (exact) mass is 602 g/mol. The van der Waals surface area contributed by atoms with Gasteiger partial charge in [0.1, 0.15) is 0 Å². The largest absolute Gasteiger partial charge is 0.504 e. The molecular weight excluding hydrogens is 579 g/mol. The number of phenolic OH excluding ortho intramolecular Hbond substituents is 1. The molecule has 2 aliphatic heterocycles. The quantitative estimate of drug-likeness (QED) is 0.310. The van der Waals surface area contributed by atoms with Gasteiger partial charge >= 0.3 is 0 Å². The van der Waals surface area contributed by atoms with Crippen molar-refractivity contribution < 1.29 is 29.0 Å². The molecule has 40 heavy (non-hydrogen) atoms. The normalized spacial score (nSPS) is 33.1. The molecule has 8 nitrogen and oxygen atoms in total. The number of para-hydroxylation sites is 1. The average Bonchev–Trinajstić information content (AvgIpc) is 3.26. The van der Waals surface area contributed by atoms with Crippen LogP contribution in [-0.2, 0) is 19.2 Å². The minimum absolute atomic E-state index is 0.129. The summed E-state index contributed by atoms with van der Waals surface area (Å²) in [7, 11) is 1.32. The molecule has 4 aliphatic rings. The Morgan fingerprint density at radius 1 is 1.00 bits per heavy atom. The van der Waals surface area contributed by atoms with Crippen molar-refractivity contribution in [1.29, 1.82) is 0 Å². The average molecular weight is 604 g/mol. The molecule has 6 rings (SSSR count). The third-order valence-corrected chi connectivity index (χ3v) is 10.4. The van der Waals surface area contributed by atoms with Gasteiger partial charge in [-0.2, -0.15) is 0 Å². The molecule has 0 radical (unpaired) electrons. The maximum atomic E-state index is 14.0. The molecule has 0 spiro atoms. The zero-order valence-electron chi connectivity index (χ0n) is 21.6. The number of imide groups is 2. The molecule has 6 atom stereocenters. The van der Waals surface area contributed by atoms with E-state index in [9.17, 15) is 24.3 Å². The van der Waals surface area contributed by atoms with Gasteiger partial charge in [-0.1, -0.05) is 35.4 Å². The van der Waals surface area contributed by atoms with Gasteiger partial charge in [-0.25, -0.2) is 0 Å². The number of benzene rings is 2. The molecule has 1 N–H and O–H groups in total. The Bertz CT molecular complexity index is 1510. The lowest BCUT2D eigenvalue weighted by atomic mass is 9.56. The number of halogens is 3. The highest BCUT2D eigenvalue weighted by Gasteiger charge is 2.76. The molecule has 2 aromatic rings. The number of rotatable bonds is 4. The van der Waals surface area contributed by atoms with Crippen LogP contribution in [0.4, 0.5) is 5.69 Å². The first-order valence-corrected chi connectivity index (χ1v) is 14.1. The van der Waals surface area contributed by atoms with Crippen LogP contribution in [0, 0.1) is 17.8 Å². The third kappa shape index (κ3) is 3.39. The molecule has 2 aliphatic carbocycles. The van der Waals surface area contributed by atoms with Crippen LogP contribution in [0.2, 0.25) is 5.02 Å². The Balaban J connectivity index is 1.53. The van der Waals surface area contributed by atoms with Gasteiger partial charge in [0.15, 0.2) is 21.2 Å². The van der Waals surface area contributed by atoms with Crippen molar-refractivity contribution in [2.24, 2.45) is 17.8 Å². The summed E-state index contributed by atoms with van der Waals surface area (Å²) in [6.45, 7) is 2.04. The van der Waals surface area contributed by atoms with Crippen LogP contribution in [0.25, 0.3) is 0 Å². The molecule has 0 aromatic heterocycles. The first kappa shape index (κ1) is 27.1. The number of hydrogen-bond acceptors (Lipinski definition) is 6. The van der Waals surface area contributed by atoms with Crippen molar-refractivity contribution in [2.45, 2.75) is 35.4 Å². The van der Waals surface area contributed by atoms with Gasteiger partial charge < -0.3 is 9.84 Å². The summed E-state index contributed by atoms with van der Waals surface area (Å²) < 4.78 is 5.59. The number of ether oxygens (including phenoxy) is 1. The smallest absolute Gasteiger partial charge is 0.253 e. The van der Waals surface area contributed by atoms with Gasteiger partial charge in [-0.15, -0.1) is 23.2 Å². The predicted octanol–water partition coefficient (Wildman–Crippen LogP) is 4.64. The Labute approximate surface area is 245 Å². The molecule has 0 unspecified atom stereocenters. The number of anilines is 1. The Kier molecular flexibility index (Phi) is 6.25. The number of nitrogens with zero attached hydrogens (tertiary/aromatic N) is 2. The number of amides is 4. The van der Waals surface area contributed by atoms with Crippen molar-refractivity contribution in [2.75, 3.05) is 18.6 Å². The summed E-state index contributed by atoms with van der Waals surface area (Å²) in [5, 5.41) is 11.8. The number of allylic oxidation sites excluding steroid dienone is 2. The van der Waals surface area contributed by atoms with E-state index in [1.807, 2.05) is 6.08 Å². The van der Waals surface area contributed by atoms with Crippen LogP contribution in [-0.4, -0.2) is 57.0 Å². The number of likely N-dealkylation sites (tertiary alicyclic amines) is 1. The topological polar surface area (TPSA) is 104 Å². The number of hydrogen-bond donors (Lipinski definition) is 1.